The molecule has 0 bridgehead atoms. The summed E-state index contributed by atoms with van der Waals surface area (Å²) in [4.78, 5) is 11.4. The molecule has 1 rings (SSSR count). The predicted octanol–water partition coefficient (Wildman–Crippen LogP) is 1.49. The lowest BCUT2D eigenvalue weighted by molar-refractivity contribution is 0.0389. The van der Waals surface area contributed by atoms with Gasteiger partial charge in [-0.05, 0) is 12.1 Å². The van der Waals surface area contributed by atoms with E-state index in [0.717, 1.165) is 0 Å². The fourth-order valence-corrected chi connectivity index (χ4v) is 0.978. The number of carbonyl (C=O) groups is 1. The number of rotatable bonds is 4. The lowest BCUT2D eigenvalue weighted by atomic mass is 10.2. The van der Waals surface area contributed by atoms with Gasteiger partial charge in [0.25, 0.3) is 0 Å². The number of ether oxygens (including phenoxy) is 2. The van der Waals surface area contributed by atoms with Crippen molar-refractivity contribution in [2.45, 2.75) is 0 Å². The highest BCUT2D eigenvalue weighted by atomic mass is 35.5. The van der Waals surface area contributed by atoms with Crippen LogP contribution >= 0.6 is 12.4 Å². The molecule has 0 aliphatic heterocycles. The minimum Gasteiger partial charge on any atom is -0.460 e. The number of esters is 1. The Morgan fingerprint density at radius 3 is 2.60 bits per heavy atom. The summed E-state index contributed by atoms with van der Waals surface area (Å²) in [5.74, 6) is -0.417. The summed E-state index contributed by atoms with van der Waals surface area (Å²) in [7, 11) is 1.55. The van der Waals surface area contributed by atoms with Crippen molar-refractivity contribution in [3.8, 4) is 0 Å². The van der Waals surface area contributed by atoms with Crippen LogP contribution in [0.3, 0.4) is 0 Å². The third-order valence-corrected chi connectivity index (χ3v) is 1.70. The largest absolute Gasteiger partial charge is 0.460 e. The maximum absolute atomic E-state index is 11.4. The molecule has 0 radical (unpaired) electrons. The van der Waals surface area contributed by atoms with Gasteiger partial charge in [-0.1, -0.05) is 12.1 Å². The van der Waals surface area contributed by atoms with Crippen LogP contribution in [0.1, 0.15) is 10.4 Å². The van der Waals surface area contributed by atoms with E-state index in [9.17, 15) is 4.79 Å². The SMILES string of the molecule is COCCOC(=O)c1ccccc1N.Cl. The molecule has 5 heteroatoms. The van der Waals surface area contributed by atoms with Gasteiger partial charge < -0.3 is 15.2 Å². The smallest absolute Gasteiger partial charge is 0.340 e. The molecule has 0 unspecified atom stereocenters. The fraction of sp³-hybridized carbons (Fsp3) is 0.300. The van der Waals surface area contributed by atoms with E-state index in [1.165, 1.54) is 0 Å². The van der Waals surface area contributed by atoms with Crippen LogP contribution in [-0.2, 0) is 9.47 Å². The van der Waals surface area contributed by atoms with Crippen LogP contribution in [0.25, 0.3) is 0 Å². The molecule has 15 heavy (non-hydrogen) atoms. The number of para-hydroxylation sites is 1. The molecule has 0 heterocycles. The van der Waals surface area contributed by atoms with Crippen LogP contribution in [0, 0.1) is 0 Å². The number of hydrogen-bond donors (Lipinski definition) is 1. The van der Waals surface area contributed by atoms with Gasteiger partial charge in [-0.25, -0.2) is 4.79 Å². The number of methoxy groups -OCH3 is 1. The van der Waals surface area contributed by atoms with E-state index >= 15 is 0 Å². The molecule has 0 amide bonds. The fourth-order valence-electron chi connectivity index (χ4n) is 0.978. The Morgan fingerprint density at radius 1 is 1.33 bits per heavy atom. The van der Waals surface area contributed by atoms with Crippen molar-refractivity contribution in [2.75, 3.05) is 26.1 Å². The molecule has 1 aromatic carbocycles. The van der Waals surface area contributed by atoms with Gasteiger partial charge in [0.15, 0.2) is 0 Å². The van der Waals surface area contributed by atoms with Crippen LogP contribution in [0.5, 0.6) is 0 Å². The highest BCUT2D eigenvalue weighted by Crippen LogP contribution is 2.11. The second kappa shape index (κ2) is 7.09. The van der Waals surface area contributed by atoms with E-state index in [0.29, 0.717) is 17.9 Å². The molecule has 0 aliphatic rings. The summed E-state index contributed by atoms with van der Waals surface area (Å²) in [6.45, 7) is 0.627. The minimum absolute atomic E-state index is 0. The van der Waals surface area contributed by atoms with Crippen molar-refractivity contribution >= 4 is 24.1 Å². The van der Waals surface area contributed by atoms with Gasteiger partial charge in [-0.3, -0.25) is 0 Å². The zero-order valence-electron chi connectivity index (χ0n) is 8.43. The van der Waals surface area contributed by atoms with Crippen LogP contribution in [0.15, 0.2) is 24.3 Å². The van der Waals surface area contributed by atoms with E-state index in [2.05, 4.69) is 0 Å². The first-order chi connectivity index (χ1) is 6.75. The van der Waals surface area contributed by atoms with Crippen LogP contribution < -0.4 is 5.73 Å². The molecular weight excluding hydrogens is 218 g/mol. The normalized spacial score (nSPS) is 9.13. The Kier molecular flexibility index (Phi) is 6.49. The molecule has 4 nitrogen and oxygen atoms in total. The van der Waals surface area contributed by atoms with Gasteiger partial charge >= 0.3 is 5.97 Å². The summed E-state index contributed by atoms with van der Waals surface area (Å²) in [5.41, 5.74) is 6.41. The molecular formula is C10H14ClNO3. The van der Waals surface area contributed by atoms with Crippen molar-refractivity contribution < 1.29 is 14.3 Å². The predicted molar refractivity (Wildman–Crippen MR) is 60.3 cm³/mol. The topological polar surface area (TPSA) is 61.5 Å². The Labute approximate surface area is 94.8 Å². The third-order valence-electron chi connectivity index (χ3n) is 1.70. The van der Waals surface area contributed by atoms with Crippen LogP contribution in [-0.4, -0.2) is 26.3 Å². The Balaban J connectivity index is 0.00000196. The van der Waals surface area contributed by atoms with Gasteiger partial charge in [0.1, 0.15) is 6.61 Å². The summed E-state index contributed by atoms with van der Waals surface area (Å²) >= 11 is 0. The van der Waals surface area contributed by atoms with Gasteiger partial charge in [0, 0.05) is 12.8 Å². The molecule has 0 saturated carbocycles. The number of benzene rings is 1. The van der Waals surface area contributed by atoms with E-state index in [1.54, 1.807) is 31.4 Å². The Bertz CT molecular complexity index is 317. The molecule has 0 spiro atoms. The standard InChI is InChI=1S/C10H13NO3.ClH/c1-13-6-7-14-10(12)8-4-2-3-5-9(8)11;/h2-5H,6-7,11H2,1H3;1H. The van der Waals surface area contributed by atoms with Crippen molar-refractivity contribution in [1.82, 2.24) is 0 Å². The van der Waals surface area contributed by atoms with Gasteiger partial charge in [0.05, 0.1) is 12.2 Å². The summed E-state index contributed by atoms with van der Waals surface area (Å²) < 4.78 is 9.66. The van der Waals surface area contributed by atoms with Gasteiger partial charge in [0.2, 0.25) is 0 Å². The quantitative estimate of drug-likeness (QED) is 0.485. The number of anilines is 1. The first-order valence-electron chi connectivity index (χ1n) is 4.26. The molecule has 1 aromatic rings. The van der Waals surface area contributed by atoms with E-state index in [1.807, 2.05) is 0 Å². The highest BCUT2D eigenvalue weighted by Gasteiger charge is 2.09. The second-order valence-corrected chi connectivity index (χ2v) is 2.72. The first-order valence-corrected chi connectivity index (χ1v) is 4.26. The zero-order chi connectivity index (χ0) is 10.4. The molecule has 0 atom stereocenters. The zero-order valence-corrected chi connectivity index (χ0v) is 9.25. The van der Waals surface area contributed by atoms with Crippen molar-refractivity contribution in [3.63, 3.8) is 0 Å². The maximum Gasteiger partial charge on any atom is 0.340 e. The maximum atomic E-state index is 11.4. The number of carbonyl (C=O) groups excluding carboxylic acids is 1. The lowest BCUT2D eigenvalue weighted by Gasteiger charge is -2.05. The summed E-state index contributed by atoms with van der Waals surface area (Å²) in [6, 6.07) is 6.79. The van der Waals surface area contributed by atoms with Crippen molar-refractivity contribution in [3.05, 3.63) is 29.8 Å². The molecule has 0 aromatic heterocycles. The van der Waals surface area contributed by atoms with Gasteiger partial charge in [-0.2, -0.15) is 0 Å². The Hall–Kier alpha value is -1.26. The molecule has 0 aliphatic carbocycles. The van der Waals surface area contributed by atoms with Gasteiger partial charge in [-0.15, -0.1) is 12.4 Å². The van der Waals surface area contributed by atoms with Crippen molar-refractivity contribution in [1.29, 1.82) is 0 Å². The van der Waals surface area contributed by atoms with Crippen LogP contribution in [0.2, 0.25) is 0 Å². The van der Waals surface area contributed by atoms with E-state index < -0.39 is 5.97 Å². The third kappa shape index (κ3) is 4.18. The number of hydrogen-bond acceptors (Lipinski definition) is 4. The molecule has 84 valence electrons. The van der Waals surface area contributed by atoms with Crippen LogP contribution in [0.4, 0.5) is 5.69 Å². The minimum atomic E-state index is -0.417. The van der Waals surface area contributed by atoms with E-state index in [4.69, 9.17) is 15.2 Å². The molecule has 2 N–H and O–H groups in total. The van der Waals surface area contributed by atoms with Crippen molar-refractivity contribution in [2.24, 2.45) is 0 Å². The second-order valence-electron chi connectivity index (χ2n) is 2.72. The average molecular weight is 232 g/mol. The molecule has 0 fully saturated rings. The summed E-state index contributed by atoms with van der Waals surface area (Å²) in [6.07, 6.45) is 0. The lowest BCUT2D eigenvalue weighted by Crippen LogP contribution is -2.11. The van der Waals surface area contributed by atoms with E-state index in [-0.39, 0.29) is 19.0 Å². The summed E-state index contributed by atoms with van der Waals surface area (Å²) in [5, 5.41) is 0. The highest BCUT2D eigenvalue weighted by molar-refractivity contribution is 5.94. The number of halogens is 1. The monoisotopic (exact) mass is 231 g/mol. The number of nitrogen functional groups attached to an aromatic ring is 1. The first kappa shape index (κ1) is 13.7. The molecule has 0 saturated heterocycles. The Morgan fingerprint density at radius 2 is 2.00 bits per heavy atom. The number of nitrogens with two attached hydrogens (primary N) is 1. The average Bonchev–Trinajstić information content (AvgIpc) is 2.18.